The van der Waals surface area contributed by atoms with Crippen LogP contribution in [-0.4, -0.2) is 0 Å². The van der Waals surface area contributed by atoms with E-state index in [4.69, 9.17) is 5.73 Å². The largest absolute Gasteiger partial charge is 0.323 e. The van der Waals surface area contributed by atoms with E-state index in [0.717, 1.165) is 12.0 Å². The lowest BCUT2D eigenvalue weighted by Crippen LogP contribution is -2.08. The second-order valence-corrected chi connectivity index (χ2v) is 4.03. The zero-order chi connectivity index (χ0) is 9.68. The molecule has 0 aliphatic carbocycles. The van der Waals surface area contributed by atoms with E-state index in [0.29, 0.717) is 0 Å². The van der Waals surface area contributed by atoms with Crippen LogP contribution in [0.25, 0.3) is 0 Å². The van der Waals surface area contributed by atoms with Gasteiger partial charge in [-0.05, 0) is 47.2 Å². The maximum Gasteiger partial charge on any atom is 0.0405 e. The third kappa shape index (κ3) is 3.37. The summed E-state index contributed by atoms with van der Waals surface area (Å²) in [5, 5.41) is 0. The van der Waals surface area contributed by atoms with Gasteiger partial charge in [0, 0.05) is 16.0 Å². The Balaban J connectivity index is 2.69. The van der Waals surface area contributed by atoms with Crippen molar-refractivity contribution in [3.63, 3.8) is 0 Å². The molecule has 0 aliphatic rings. The Morgan fingerprint density at radius 2 is 2.00 bits per heavy atom. The zero-order valence-electron chi connectivity index (χ0n) is 7.55. The molecule has 1 aromatic rings. The van der Waals surface area contributed by atoms with Crippen molar-refractivity contribution in [2.24, 2.45) is 5.73 Å². The highest BCUT2D eigenvalue weighted by molar-refractivity contribution is 14.1. The average molecular weight is 285 g/mol. The normalized spacial score (nSPS) is 11.6. The van der Waals surface area contributed by atoms with Gasteiger partial charge in [0.05, 0.1) is 0 Å². The van der Waals surface area contributed by atoms with Gasteiger partial charge in [-0.1, -0.05) is 12.1 Å². The molecule has 0 spiro atoms. The van der Waals surface area contributed by atoms with E-state index >= 15 is 0 Å². The van der Waals surface area contributed by atoms with Crippen LogP contribution in [0, 0.1) is 15.4 Å². The second-order valence-electron chi connectivity index (χ2n) is 2.79. The minimum atomic E-state index is 0.0458. The van der Waals surface area contributed by atoms with E-state index in [1.54, 1.807) is 0 Å². The fourth-order valence-electron chi connectivity index (χ4n) is 1.04. The summed E-state index contributed by atoms with van der Waals surface area (Å²) in [6, 6.07) is 8.29. The van der Waals surface area contributed by atoms with Gasteiger partial charge in [0.2, 0.25) is 0 Å². The Morgan fingerprint density at radius 1 is 1.38 bits per heavy atom. The molecule has 2 N–H and O–H groups in total. The lowest BCUT2D eigenvalue weighted by Gasteiger charge is -2.07. The summed E-state index contributed by atoms with van der Waals surface area (Å²) in [5.41, 5.74) is 7.08. The molecule has 0 aromatic heterocycles. The van der Waals surface area contributed by atoms with E-state index in [1.165, 1.54) is 3.57 Å². The van der Waals surface area contributed by atoms with Gasteiger partial charge in [0.1, 0.15) is 0 Å². The Labute approximate surface area is 92.9 Å². The van der Waals surface area contributed by atoms with E-state index in [2.05, 4.69) is 58.7 Å². The monoisotopic (exact) mass is 285 g/mol. The molecule has 0 saturated heterocycles. The Hall–Kier alpha value is -0.530. The Bertz CT molecular complexity index is 318. The third-order valence-electron chi connectivity index (χ3n) is 1.80. The van der Waals surface area contributed by atoms with Crippen molar-refractivity contribution in [2.75, 3.05) is 0 Å². The van der Waals surface area contributed by atoms with Crippen molar-refractivity contribution < 1.29 is 0 Å². The minimum absolute atomic E-state index is 0.0458. The lowest BCUT2D eigenvalue weighted by molar-refractivity contribution is 0.754. The summed E-state index contributed by atoms with van der Waals surface area (Å²) in [4.78, 5) is 0. The van der Waals surface area contributed by atoms with Crippen molar-refractivity contribution in [1.82, 2.24) is 0 Å². The molecule has 2 heteroatoms. The van der Waals surface area contributed by atoms with Crippen molar-refractivity contribution in [3.05, 3.63) is 33.4 Å². The van der Waals surface area contributed by atoms with Crippen LogP contribution in [0.15, 0.2) is 24.3 Å². The predicted octanol–water partition coefficient (Wildman–Crippen LogP) is 2.70. The first-order valence-corrected chi connectivity index (χ1v) is 5.22. The number of halogens is 1. The Kier molecular flexibility index (Phi) is 4.26. The van der Waals surface area contributed by atoms with Crippen LogP contribution in [0.3, 0.4) is 0 Å². The molecule has 0 fully saturated rings. The predicted molar refractivity (Wildman–Crippen MR) is 64.2 cm³/mol. The lowest BCUT2D eigenvalue weighted by atomic mass is 10.1. The van der Waals surface area contributed by atoms with Crippen LogP contribution >= 0.6 is 22.6 Å². The summed E-state index contributed by atoms with van der Waals surface area (Å²) in [6.07, 6.45) is 0.733. The second kappa shape index (κ2) is 5.25. The highest BCUT2D eigenvalue weighted by Gasteiger charge is 2.02. The van der Waals surface area contributed by atoms with Gasteiger partial charge in [-0.15, -0.1) is 11.8 Å². The topological polar surface area (TPSA) is 26.0 Å². The fourth-order valence-corrected chi connectivity index (χ4v) is 1.40. The van der Waals surface area contributed by atoms with Gasteiger partial charge in [-0.2, -0.15) is 0 Å². The van der Waals surface area contributed by atoms with Gasteiger partial charge in [0.15, 0.2) is 0 Å². The molecule has 0 amide bonds. The molecule has 0 aliphatic heterocycles. The van der Waals surface area contributed by atoms with Crippen LogP contribution in [0.2, 0.25) is 0 Å². The summed E-state index contributed by atoms with van der Waals surface area (Å²) < 4.78 is 1.23. The van der Waals surface area contributed by atoms with Crippen molar-refractivity contribution in [2.45, 2.75) is 19.4 Å². The van der Waals surface area contributed by atoms with Gasteiger partial charge >= 0.3 is 0 Å². The van der Waals surface area contributed by atoms with Crippen molar-refractivity contribution in [3.8, 4) is 11.8 Å². The first kappa shape index (κ1) is 10.6. The molecule has 0 saturated carbocycles. The summed E-state index contributed by atoms with van der Waals surface area (Å²) in [6.45, 7) is 1.83. The standard InChI is InChI=1S/C11H12IN/c1-2-3-4-11(13)9-5-7-10(12)8-6-9/h5-8,11H,4,13H2,1H3. The first-order chi connectivity index (χ1) is 6.24. The fraction of sp³-hybridized carbons (Fsp3) is 0.273. The summed E-state index contributed by atoms with van der Waals surface area (Å²) in [7, 11) is 0. The Morgan fingerprint density at radius 3 is 2.54 bits per heavy atom. The van der Waals surface area contributed by atoms with Gasteiger partial charge < -0.3 is 5.73 Å². The maximum atomic E-state index is 5.93. The quantitative estimate of drug-likeness (QED) is 0.656. The smallest absolute Gasteiger partial charge is 0.0405 e. The van der Waals surface area contributed by atoms with Crippen LogP contribution in [0.5, 0.6) is 0 Å². The van der Waals surface area contributed by atoms with Crippen LogP contribution < -0.4 is 5.73 Å². The van der Waals surface area contributed by atoms with Gasteiger partial charge in [-0.25, -0.2) is 0 Å². The van der Waals surface area contributed by atoms with Crippen LogP contribution in [-0.2, 0) is 0 Å². The van der Waals surface area contributed by atoms with E-state index < -0.39 is 0 Å². The molecule has 1 nitrogen and oxygen atoms in total. The summed E-state index contributed by atoms with van der Waals surface area (Å²) >= 11 is 2.28. The number of nitrogens with two attached hydrogens (primary N) is 1. The molecule has 0 heterocycles. The molecule has 0 bridgehead atoms. The van der Waals surface area contributed by atoms with E-state index in [9.17, 15) is 0 Å². The highest BCUT2D eigenvalue weighted by atomic mass is 127. The molecule has 0 radical (unpaired) electrons. The minimum Gasteiger partial charge on any atom is -0.323 e. The van der Waals surface area contributed by atoms with Crippen molar-refractivity contribution >= 4 is 22.6 Å². The molecular formula is C11H12IN. The molecule has 68 valence electrons. The molecule has 13 heavy (non-hydrogen) atoms. The first-order valence-electron chi connectivity index (χ1n) is 4.14. The number of benzene rings is 1. The number of hydrogen-bond acceptors (Lipinski definition) is 1. The number of hydrogen-bond donors (Lipinski definition) is 1. The third-order valence-corrected chi connectivity index (χ3v) is 2.52. The molecule has 1 rings (SSSR count). The molecule has 1 atom stereocenters. The van der Waals surface area contributed by atoms with Gasteiger partial charge in [-0.3, -0.25) is 0 Å². The highest BCUT2D eigenvalue weighted by Crippen LogP contribution is 2.14. The van der Waals surface area contributed by atoms with Gasteiger partial charge in [0.25, 0.3) is 0 Å². The van der Waals surface area contributed by atoms with Crippen molar-refractivity contribution in [1.29, 1.82) is 0 Å². The van der Waals surface area contributed by atoms with Crippen LogP contribution in [0.1, 0.15) is 24.9 Å². The van der Waals surface area contributed by atoms with E-state index in [1.807, 2.05) is 6.92 Å². The molecule has 1 unspecified atom stereocenters. The summed E-state index contributed by atoms with van der Waals surface area (Å²) in [5.74, 6) is 5.83. The SMILES string of the molecule is CC#CCC(N)c1ccc(I)cc1. The number of rotatable bonds is 2. The average Bonchev–Trinajstić information content (AvgIpc) is 2.15. The zero-order valence-corrected chi connectivity index (χ0v) is 9.71. The molecule has 1 aromatic carbocycles. The molecular weight excluding hydrogens is 273 g/mol. The maximum absolute atomic E-state index is 5.93. The van der Waals surface area contributed by atoms with E-state index in [-0.39, 0.29) is 6.04 Å². The van der Waals surface area contributed by atoms with Crippen LogP contribution in [0.4, 0.5) is 0 Å².